The molecule has 0 fully saturated rings. The van der Waals surface area contributed by atoms with Gasteiger partial charge in [-0.1, -0.05) is 23.7 Å². The van der Waals surface area contributed by atoms with E-state index in [1.54, 1.807) is 24.3 Å². The van der Waals surface area contributed by atoms with E-state index >= 15 is 0 Å². The summed E-state index contributed by atoms with van der Waals surface area (Å²) < 4.78 is 0. The molecule has 0 atom stereocenters. The van der Waals surface area contributed by atoms with Gasteiger partial charge in [0.1, 0.15) is 6.07 Å². The molecule has 0 spiro atoms. The Morgan fingerprint density at radius 2 is 2.10 bits per heavy atom. The molecule has 4 rings (SSSR count). The van der Waals surface area contributed by atoms with Crippen molar-refractivity contribution in [1.82, 2.24) is 20.2 Å². The number of non-ortho nitro benzene ring substituents is 1. The number of rotatable bonds is 4. The monoisotopic (exact) mass is 418 g/mol. The number of aromatic amines is 2. The van der Waals surface area contributed by atoms with Crippen LogP contribution >= 0.6 is 11.6 Å². The van der Waals surface area contributed by atoms with Crippen molar-refractivity contribution in [3.63, 3.8) is 0 Å². The van der Waals surface area contributed by atoms with Crippen LogP contribution in [0.1, 0.15) is 11.4 Å². The van der Waals surface area contributed by atoms with Gasteiger partial charge < -0.3 is 4.98 Å². The standard InChI is InChI=1S/C20H11ClN6O3/c21-14-4-5-17-16(8-14)20(28)25-19(24-17)12(9-22)6-13-10-23-26-18(13)11-2-1-3-15(7-11)27(29)30/h1-8,10H,(H,23,26)(H,24,25,28). The highest BCUT2D eigenvalue weighted by Gasteiger charge is 2.14. The number of fused-ring (bicyclic) bond motifs is 1. The molecule has 0 bridgehead atoms. The van der Waals surface area contributed by atoms with Crippen molar-refractivity contribution in [2.24, 2.45) is 0 Å². The van der Waals surface area contributed by atoms with Crippen LogP contribution in [0.5, 0.6) is 0 Å². The van der Waals surface area contributed by atoms with E-state index in [9.17, 15) is 20.2 Å². The van der Waals surface area contributed by atoms with E-state index in [1.165, 1.54) is 30.5 Å². The first-order valence-electron chi connectivity index (χ1n) is 8.56. The number of benzene rings is 2. The third-order valence-corrected chi connectivity index (χ3v) is 4.59. The van der Waals surface area contributed by atoms with Crippen molar-refractivity contribution in [2.45, 2.75) is 0 Å². The van der Waals surface area contributed by atoms with E-state index in [0.29, 0.717) is 32.7 Å². The minimum Gasteiger partial charge on any atom is -0.305 e. The molecule has 0 saturated carbocycles. The van der Waals surface area contributed by atoms with E-state index in [2.05, 4.69) is 20.2 Å². The largest absolute Gasteiger partial charge is 0.305 e. The lowest BCUT2D eigenvalue weighted by Crippen LogP contribution is -2.11. The molecule has 146 valence electrons. The molecule has 2 heterocycles. The third kappa shape index (κ3) is 3.55. The van der Waals surface area contributed by atoms with Crippen molar-refractivity contribution in [3.8, 4) is 17.3 Å². The van der Waals surface area contributed by atoms with Crippen molar-refractivity contribution in [1.29, 1.82) is 5.26 Å². The predicted octanol–water partition coefficient (Wildman–Crippen LogP) is 3.94. The number of nitrogens with zero attached hydrogens (tertiary/aromatic N) is 4. The number of halogens is 1. The normalized spacial score (nSPS) is 11.4. The highest BCUT2D eigenvalue weighted by atomic mass is 35.5. The van der Waals surface area contributed by atoms with Crippen molar-refractivity contribution >= 4 is 39.8 Å². The zero-order chi connectivity index (χ0) is 21.3. The molecule has 2 aromatic heterocycles. The Bertz CT molecular complexity index is 1430. The number of nitriles is 1. The minimum atomic E-state index is -0.494. The fourth-order valence-corrected chi connectivity index (χ4v) is 3.13. The number of hydrogen-bond acceptors (Lipinski definition) is 6. The number of hydrogen-bond donors (Lipinski definition) is 2. The molecule has 0 saturated heterocycles. The van der Waals surface area contributed by atoms with Gasteiger partial charge in [0, 0.05) is 28.3 Å². The fourth-order valence-electron chi connectivity index (χ4n) is 2.96. The van der Waals surface area contributed by atoms with Crippen molar-refractivity contribution < 1.29 is 4.92 Å². The average molecular weight is 419 g/mol. The van der Waals surface area contributed by atoms with E-state index in [0.717, 1.165) is 0 Å². The minimum absolute atomic E-state index is 0.0725. The van der Waals surface area contributed by atoms with Gasteiger partial charge >= 0.3 is 0 Å². The first-order valence-corrected chi connectivity index (χ1v) is 8.94. The molecule has 0 aliphatic carbocycles. The van der Waals surface area contributed by atoms with Gasteiger partial charge in [0.2, 0.25) is 0 Å². The lowest BCUT2D eigenvalue weighted by Gasteiger charge is -2.03. The number of allylic oxidation sites excluding steroid dienone is 1. The van der Waals surface area contributed by atoms with Gasteiger partial charge in [-0.05, 0) is 24.3 Å². The molecule has 4 aromatic rings. The Labute approximate surface area is 173 Å². The zero-order valence-corrected chi connectivity index (χ0v) is 15.8. The number of H-pyrrole nitrogens is 2. The van der Waals surface area contributed by atoms with E-state index in [4.69, 9.17) is 11.6 Å². The summed E-state index contributed by atoms with van der Waals surface area (Å²) >= 11 is 5.92. The Kier molecular flexibility index (Phi) is 4.83. The summed E-state index contributed by atoms with van der Waals surface area (Å²) in [4.78, 5) is 29.9. The number of nitro benzene ring substituents is 1. The Morgan fingerprint density at radius 1 is 1.27 bits per heavy atom. The van der Waals surface area contributed by atoms with Crippen LogP contribution < -0.4 is 5.56 Å². The maximum atomic E-state index is 12.4. The van der Waals surface area contributed by atoms with Crippen LogP contribution in [0.25, 0.3) is 33.8 Å². The van der Waals surface area contributed by atoms with Crippen LogP contribution in [0.4, 0.5) is 5.69 Å². The summed E-state index contributed by atoms with van der Waals surface area (Å²) in [6, 6.07) is 12.7. The summed E-state index contributed by atoms with van der Waals surface area (Å²) in [5.74, 6) is 0.0866. The van der Waals surface area contributed by atoms with Crippen LogP contribution in [-0.2, 0) is 0 Å². The molecular formula is C20H11ClN6O3. The lowest BCUT2D eigenvalue weighted by molar-refractivity contribution is -0.384. The van der Waals surface area contributed by atoms with Gasteiger partial charge in [-0.3, -0.25) is 20.0 Å². The van der Waals surface area contributed by atoms with Crippen LogP contribution in [-0.4, -0.2) is 25.1 Å². The van der Waals surface area contributed by atoms with Gasteiger partial charge in [0.15, 0.2) is 5.82 Å². The fraction of sp³-hybridized carbons (Fsp3) is 0. The molecule has 0 unspecified atom stereocenters. The smallest absolute Gasteiger partial charge is 0.270 e. The van der Waals surface area contributed by atoms with E-state index in [1.807, 2.05) is 6.07 Å². The molecular weight excluding hydrogens is 408 g/mol. The topological polar surface area (TPSA) is 141 Å². The zero-order valence-electron chi connectivity index (χ0n) is 15.1. The second-order valence-electron chi connectivity index (χ2n) is 6.25. The van der Waals surface area contributed by atoms with E-state index < -0.39 is 10.5 Å². The predicted molar refractivity (Wildman–Crippen MR) is 112 cm³/mol. The van der Waals surface area contributed by atoms with E-state index in [-0.39, 0.29) is 17.1 Å². The quantitative estimate of drug-likeness (QED) is 0.292. The maximum Gasteiger partial charge on any atom is 0.270 e. The molecule has 10 heteroatoms. The van der Waals surface area contributed by atoms with Crippen molar-refractivity contribution in [3.05, 3.63) is 85.5 Å². The highest BCUT2D eigenvalue weighted by Crippen LogP contribution is 2.27. The van der Waals surface area contributed by atoms with Crippen LogP contribution in [0, 0.1) is 21.4 Å². The van der Waals surface area contributed by atoms with Crippen LogP contribution in [0.3, 0.4) is 0 Å². The second-order valence-corrected chi connectivity index (χ2v) is 6.69. The van der Waals surface area contributed by atoms with Gasteiger partial charge in [0.25, 0.3) is 11.2 Å². The van der Waals surface area contributed by atoms with Gasteiger partial charge in [0.05, 0.1) is 33.3 Å². The second kappa shape index (κ2) is 7.62. The Balaban J connectivity index is 1.82. The number of aromatic nitrogens is 4. The van der Waals surface area contributed by atoms with Crippen LogP contribution in [0.2, 0.25) is 5.02 Å². The van der Waals surface area contributed by atoms with Gasteiger partial charge in [-0.2, -0.15) is 10.4 Å². The molecule has 0 amide bonds. The first-order chi connectivity index (χ1) is 14.5. The molecule has 2 aromatic carbocycles. The summed E-state index contributed by atoms with van der Waals surface area (Å²) in [6.07, 6.45) is 2.97. The average Bonchev–Trinajstić information content (AvgIpc) is 3.20. The SMILES string of the molecule is N#CC(=Cc1cn[nH]c1-c1cccc([N+](=O)[O-])c1)c1nc2ccc(Cl)cc2c(=O)[nH]1. The molecule has 0 radical (unpaired) electrons. The van der Waals surface area contributed by atoms with Gasteiger partial charge in [-0.25, -0.2) is 4.98 Å². The summed E-state index contributed by atoms with van der Waals surface area (Å²) in [6.45, 7) is 0. The Morgan fingerprint density at radius 3 is 2.87 bits per heavy atom. The van der Waals surface area contributed by atoms with Crippen LogP contribution in [0.15, 0.2) is 53.5 Å². The highest BCUT2D eigenvalue weighted by molar-refractivity contribution is 6.31. The summed E-state index contributed by atoms with van der Waals surface area (Å²) in [7, 11) is 0. The molecule has 30 heavy (non-hydrogen) atoms. The number of nitro groups is 1. The third-order valence-electron chi connectivity index (χ3n) is 4.36. The summed E-state index contributed by atoms with van der Waals surface area (Å²) in [5.41, 5.74) is 1.51. The van der Waals surface area contributed by atoms with Crippen molar-refractivity contribution in [2.75, 3.05) is 0 Å². The molecule has 0 aliphatic rings. The van der Waals surface area contributed by atoms with Gasteiger partial charge in [-0.15, -0.1) is 0 Å². The molecule has 0 aliphatic heterocycles. The maximum absolute atomic E-state index is 12.4. The number of nitrogens with one attached hydrogen (secondary N) is 2. The Hall–Kier alpha value is -4.29. The molecule has 9 nitrogen and oxygen atoms in total. The lowest BCUT2D eigenvalue weighted by atomic mass is 10.1. The summed E-state index contributed by atoms with van der Waals surface area (Å²) in [5, 5.41) is 28.2. The first kappa shape index (κ1) is 19.0. The molecule has 2 N–H and O–H groups in total.